The summed E-state index contributed by atoms with van der Waals surface area (Å²) < 4.78 is 23.8. The lowest BCUT2D eigenvalue weighted by molar-refractivity contribution is 0.247. The number of aromatic hydroxyl groups is 1. The number of rotatable bonds is 5. The summed E-state index contributed by atoms with van der Waals surface area (Å²) in [6.45, 7) is 2.40. The molecule has 5 nitrogen and oxygen atoms in total. The van der Waals surface area contributed by atoms with E-state index in [1.807, 2.05) is 25.1 Å². The average molecular weight is 567 g/mol. The molecule has 7 heteroatoms. The number of benzene rings is 3. The molecule has 0 bridgehead atoms. The van der Waals surface area contributed by atoms with Gasteiger partial charge < -0.3 is 24.1 Å². The third-order valence-corrected chi connectivity index (χ3v) is 7.12. The third-order valence-electron chi connectivity index (χ3n) is 5.97. The van der Waals surface area contributed by atoms with E-state index in [4.69, 9.17) is 30.5 Å². The van der Waals surface area contributed by atoms with Crippen LogP contribution in [0.2, 0.25) is 5.02 Å². The third kappa shape index (κ3) is 4.06. The molecule has 0 saturated carbocycles. The second-order valence-electron chi connectivity index (χ2n) is 7.68. The van der Waals surface area contributed by atoms with Gasteiger partial charge in [-0.15, -0.1) is 0 Å². The van der Waals surface area contributed by atoms with Gasteiger partial charge in [-0.3, -0.25) is 0 Å². The van der Waals surface area contributed by atoms with Gasteiger partial charge in [0.05, 0.1) is 36.5 Å². The van der Waals surface area contributed by atoms with E-state index in [9.17, 15) is 5.11 Å². The summed E-state index contributed by atoms with van der Waals surface area (Å²) in [6.07, 6.45) is 0. The van der Waals surface area contributed by atoms with Crippen LogP contribution >= 0.6 is 34.2 Å². The molecule has 2 unspecified atom stereocenters. The number of fused-ring (bicyclic) bond motifs is 1. The van der Waals surface area contributed by atoms with Gasteiger partial charge in [0.2, 0.25) is 0 Å². The maximum atomic E-state index is 10.1. The maximum Gasteiger partial charge on any atom is 0.137 e. The lowest BCUT2D eigenvalue weighted by atomic mass is 9.75. The predicted molar refractivity (Wildman–Crippen MR) is 133 cm³/mol. The van der Waals surface area contributed by atoms with Crippen molar-refractivity contribution in [3.05, 3.63) is 73.3 Å². The normalized spacial score (nSPS) is 17.3. The van der Waals surface area contributed by atoms with Crippen LogP contribution in [0.3, 0.4) is 0 Å². The summed E-state index contributed by atoms with van der Waals surface area (Å²) in [6, 6.07) is 13.6. The molecule has 1 N–H and O–H groups in total. The van der Waals surface area contributed by atoms with Crippen LogP contribution in [0.25, 0.3) is 0 Å². The molecule has 2 atom stereocenters. The lowest BCUT2D eigenvalue weighted by Gasteiger charge is -2.35. The predicted octanol–water partition coefficient (Wildman–Crippen LogP) is 6.29. The highest BCUT2D eigenvalue weighted by Crippen LogP contribution is 2.50. The fraction of sp³-hybridized carbons (Fsp3) is 0.280. The van der Waals surface area contributed by atoms with E-state index in [1.165, 1.54) is 0 Å². The highest BCUT2D eigenvalue weighted by molar-refractivity contribution is 14.1. The summed E-state index contributed by atoms with van der Waals surface area (Å²) in [5.41, 5.74) is 4.00. The van der Waals surface area contributed by atoms with E-state index >= 15 is 0 Å². The molecule has 1 aliphatic heterocycles. The number of phenolic OH excluding ortho intramolecular Hbond substituents is 1. The number of phenols is 1. The fourth-order valence-corrected chi connectivity index (χ4v) is 5.25. The summed E-state index contributed by atoms with van der Waals surface area (Å²) in [5, 5.41) is 10.4. The molecule has 32 heavy (non-hydrogen) atoms. The van der Waals surface area contributed by atoms with Crippen molar-refractivity contribution >= 4 is 34.2 Å². The summed E-state index contributed by atoms with van der Waals surface area (Å²) in [4.78, 5) is 0. The van der Waals surface area contributed by atoms with Gasteiger partial charge in [-0.05, 0) is 71.0 Å². The zero-order valence-corrected chi connectivity index (χ0v) is 21.2. The van der Waals surface area contributed by atoms with E-state index in [-0.39, 0.29) is 17.6 Å². The molecule has 0 radical (unpaired) electrons. The molecule has 1 heterocycles. The topological polar surface area (TPSA) is 57.2 Å². The largest absolute Gasteiger partial charge is 0.506 e. The van der Waals surface area contributed by atoms with Crippen LogP contribution in [0.4, 0.5) is 0 Å². The van der Waals surface area contributed by atoms with Crippen LogP contribution in [0.5, 0.6) is 28.7 Å². The SMILES string of the molecule is COc1ccc(C2c3cc(Cl)c(O)cc3OCC2c2cc(OC)c(C)c(OC)c2)cc1I. The minimum Gasteiger partial charge on any atom is -0.506 e. The Morgan fingerprint density at radius 2 is 1.59 bits per heavy atom. The number of ether oxygens (including phenoxy) is 4. The van der Waals surface area contributed by atoms with Crippen molar-refractivity contribution < 1.29 is 24.1 Å². The number of halogens is 2. The zero-order valence-electron chi connectivity index (χ0n) is 18.2. The minimum atomic E-state index is -0.0617. The van der Waals surface area contributed by atoms with Gasteiger partial charge in [-0.2, -0.15) is 0 Å². The molecule has 1 aliphatic rings. The molecule has 0 spiro atoms. The van der Waals surface area contributed by atoms with Crippen molar-refractivity contribution in [2.24, 2.45) is 0 Å². The lowest BCUT2D eigenvalue weighted by Crippen LogP contribution is -2.25. The van der Waals surface area contributed by atoms with Gasteiger partial charge in [0.1, 0.15) is 28.7 Å². The van der Waals surface area contributed by atoms with E-state index in [1.54, 1.807) is 33.5 Å². The zero-order chi connectivity index (χ0) is 23.0. The van der Waals surface area contributed by atoms with Crippen molar-refractivity contribution in [3.8, 4) is 28.7 Å². The molecular weight excluding hydrogens is 543 g/mol. The molecule has 168 valence electrons. The van der Waals surface area contributed by atoms with Crippen LogP contribution < -0.4 is 18.9 Å². The van der Waals surface area contributed by atoms with Crippen molar-refractivity contribution in [2.75, 3.05) is 27.9 Å². The molecular formula is C25H24ClIO5. The van der Waals surface area contributed by atoms with Crippen LogP contribution in [0.1, 0.15) is 34.1 Å². The smallest absolute Gasteiger partial charge is 0.137 e. The maximum absolute atomic E-state index is 10.1. The van der Waals surface area contributed by atoms with Crippen LogP contribution in [-0.4, -0.2) is 33.0 Å². The molecule has 0 aromatic heterocycles. The Morgan fingerprint density at radius 1 is 0.938 bits per heavy atom. The van der Waals surface area contributed by atoms with Gasteiger partial charge in [-0.1, -0.05) is 17.7 Å². The molecule has 3 aromatic rings. The molecule has 4 rings (SSSR count). The minimum absolute atomic E-state index is 0.00519. The van der Waals surface area contributed by atoms with E-state index in [0.29, 0.717) is 17.4 Å². The quantitative estimate of drug-likeness (QED) is 0.368. The Labute approximate surface area is 206 Å². The fourth-order valence-electron chi connectivity index (χ4n) is 4.32. The highest BCUT2D eigenvalue weighted by atomic mass is 127. The molecule has 0 fully saturated rings. The number of methoxy groups -OCH3 is 3. The Kier molecular flexibility index (Phi) is 6.62. The Hall–Kier alpha value is -2.32. The summed E-state index contributed by atoms with van der Waals surface area (Å²) in [5.74, 6) is 2.88. The summed E-state index contributed by atoms with van der Waals surface area (Å²) in [7, 11) is 4.98. The first-order chi connectivity index (χ1) is 15.4. The van der Waals surface area contributed by atoms with Gasteiger partial charge in [0.15, 0.2) is 0 Å². The summed E-state index contributed by atoms with van der Waals surface area (Å²) >= 11 is 8.60. The first kappa shape index (κ1) is 22.9. The molecule has 0 saturated heterocycles. The van der Waals surface area contributed by atoms with E-state index in [2.05, 4.69) is 34.7 Å². The second-order valence-corrected chi connectivity index (χ2v) is 9.25. The van der Waals surface area contributed by atoms with Crippen molar-refractivity contribution in [3.63, 3.8) is 0 Å². The molecule has 3 aromatic carbocycles. The van der Waals surface area contributed by atoms with E-state index < -0.39 is 0 Å². The van der Waals surface area contributed by atoms with Crippen molar-refractivity contribution in [2.45, 2.75) is 18.8 Å². The van der Waals surface area contributed by atoms with Gasteiger partial charge in [0, 0.05) is 29.0 Å². The van der Waals surface area contributed by atoms with Gasteiger partial charge in [-0.25, -0.2) is 0 Å². The second kappa shape index (κ2) is 9.27. The molecule has 0 amide bonds. The Balaban J connectivity index is 1.92. The highest BCUT2D eigenvalue weighted by Gasteiger charge is 2.35. The van der Waals surface area contributed by atoms with Crippen molar-refractivity contribution in [1.82, 2.24) is 0 Å². The Bertz CT molecular complexity index is 1140. The van der Waals surface area contributed by atoms with Crippen LogP contribution in [-0.2, 0) is 0 Å². The van der Waals surface area contributed by atoms with Crippen molar-refractivity contribution in [1.29, 1.82) is 0 Å². The first-order valence-electron chi connectivity index (χ1n) is 10.1. The monoisotopic (exact) mass is 566 g/mol. The van der Waals surface area contributed by atoms with Crippen LogP contribution in [0.15, 0.2) is 42.5 Å². The van der Waals surface area contributed by atoms with Gasteiger partial charge >= 0.3 is 0 Å². The standard InChI is InChI=1S/C25H24ClIO5/c1-13-22(30-3)8-15(9-23(13)31-4)17-12-32-24-11-20(28)18(26)10-16(24)25(17)14-5-6-21(29-2)19(27)7-14/h5-11,17,25,28H,12H2,1-4H3. The average Bonchev–Trinajstić information content (AvgIpc) is 2.79. The first-order valence-corrected chi connectivity index (χ1v) is 11.5. The Morgan fingerprint density at radius 3 is 2.19 bits per heavy atom. The number of hydrogen-bond donors (Lipinski definition) is 1. The number of hydrogen-bond acceptors (Lipinski definition) is 5. The van der Waals surface area contributed by atoms with E-state index in [0.717, 1.165) is 43.1 Å². The van der Waals surface area contributed by atoms with Gasteiger partial charge in [0.25, 0.3) is 0 Å². The molecule has 0 aliphatic carbocycles. The van der Waals surface area contributed by atoms with Crippen LogP contribution in [0, 0.1) is 10.5 Å².